The van der Waals surface area contributed by atoms with Gasteiger partial charge in [-0.15, -0.1) is 0 Å². The van der Waals surface area contributed by atoms with Crippen LogP contribution in [0.5, 0.6) is 0 Å². The number of rotatable bonds is 6. The van der Waals surface area contributed by atoms with Crippen molar-refractivity contribution in [2.75, 3.05) is 19.7 Å². The van der Waals surface area contributed by atoms with Gasteiger partial charge in [0.2, 0.25) is 6.41 Å². The maximum Gasteiger partial charge on any atom is 0.209 e. The summed E-state index contributed by atoms with van der Waals surface area (Å²) in [4.78, 5) is 13.1. The van der Waals surface area contributed by atoms with Gasteiger partial charge in [-0.2, -0.15) is 0 Å². The Kier molecular flexibility index (Phi) is 6.04. The molecule has 124 valence electrons. The van der Waals surface area contributed by atoms with E-state index < -0.39 is 0 Å². The van der Waals surface area contributed by atoms with Gasteiger partial charge in [-0.25, -0.2) is 0 Å². The molecule has 2 heterocycles. The number of carbonyl (C=O) groups is 1. The van der Waals surface area contributed by atoms with Gasteiger partial charge in [-0.3, -0.25) is 4.79 Å². The van der Waals surface area contributed by atoms with Crippen LogP contribution in [0.3, 0.4) is 0 Å². The fourth-order valence-electron chi connectivity index (χ4n) is 3.67. The summed E-state index contributed by atoms with van der Waals surface area (Å²) in [6.07, 6.45) is 10.4. The Morgan fingerprint density at radius 2 is 2.05 bits per heavy atom. The van der Waals surface area contributed by atoms with Crippen LogP contribution in [0, 0.1) is 0 Å². The molecule has 2 fully saturated rings. The number of nitrogens with one attached hydrogen (secondary N) is 2. The Balaban J connectivity index is 1.33. The zero-order valence-corrected chi connectivity index (χ0v) is 13.9. The van der Waals surface area contributed by atoms with Crippen molar-refractivity contribution in [3.8, 4) is 0 Å². The van der Waals surface area contributed by atoms with Crippen molar-refractivity contribution in [2.45, 2.75) is 62.6 Å². The number of hydrogen-bond acceptors (Lipinski definition) is 5. The summed E-state index contributed by atoms with van der Waals surface area (Å²) < 4.78 is 6.04. The minimum Gasteiger partial charge on any atom is -0.372 e. The molecule has 1 unspecified atom stereocenters. The first-order valence-corrected chi connectivity index (χ1v) is 9.46. The predicted molar refractivity (Wildman–Crippen MR) is 89.2 cm³/mol. The Bertz CT molecular complexity index is 391. The molecule has 0 aromatic heterocycles. The molecule has 3 rings (SSSR count). The number of amides is 1. The normalized spacial score (nSPS) is 28.2. The smallest absolute Gasteiger partial charge is 0.209 e. The molecule has 0 aromatic carbocycles. The van der Waals surface area contributed by atoms with E-state index in [2.05, 4.69) is 15.5 Å². The van der Waals surface area contributed by atoms with Gasteiger partial charge in [-0.05, 0) is 31.1 Å². The highest BCUT2D eigenvalue weighted by Crippen LogP contribution is 2.26. The van der Waals surface area contributed by atoms with Crippen LogP contribution in [0.15, 0.2) is 11.1 Å². The van der Waals surface area contributed by atoms with Crippen molar-refractivity contribution >= 4 is 18.2 Å². The summed E-state index contributed by atoms with van der Waals surface area (Å²) in [6, 6.07) is 0.834. The van der Waals surface area contributed by atoms with Gasteiger partial charge >= 0.3 is 0 Å². The fraction of sp³-hybridized carbons (Fsp3) is 0.812. The van der Waals surface area contributed by atoms with Crippen LogP contribution in [0.2, 0.25) is 0 Å². The molecule has 1 saturated carbocycles. The van der Waals surface area contributed by atoms with E-state index in [0.717, 1.165) is 31.0 Å². The first-order valence-electron chi connectivity index (χ1n) is 8.51. The highest BCUT2D eigenvalue weighted by atomic mass is 32.2. The van der Waals surface area contributed by atoms with E-state index in [0.29, 0.717) is 12.7 Å². The molecule has 2 N–H and O–H groups in total. The molecule has 1 aliphatic carbocycles. The average molecular weight is 325 g/mol. The number of piperidine rings is 1. The summed E-state index contributed by atoms with van der Waals surface area (Å²) >= 11 is 1.58. The third-order valence-electron chi connectivity index (χ3n) is 4.92. The monoisotopic (exact) mass is 325 g/mol. The lowest BCUT2D eigenvalue weighted by atomic mass is 9.92. The van der Waals surface area contributed by atoms with Gasteiger partial charge in [0, 0.05) is 24.8 Å². The zero-order chi connectivity index (χ0) is 15.2. The van der Waals surface area contributed by atoms with Gasteiger partial charge in [0.15, 0.2) is 5.50 Å². The Morgan fingerprint density at radius 3 is 2.77 bits per heavy atom. The molecule has 6 heteroatoms. The Hall–Kier alpha value is -0.720. The lowest BCUT2D eigenvalue weighted by Crippen LogP contribution is -2.44. The van der Waals surface area contributed by atoms with Crippen LogP contribution in [0.4, 0.5) is 0 Å². The number of hydrogen-bond donors (Lipinski definition) is 2. The summed E-state index contributed by atoms with van der Waals surface area (Å²) in [7, 11) is 0. The maximum atomic E-state index is 10.4. The van der Waals surface area contributed by atoms with Crippen molar-refractivity contribution in [1.82, 2.24) is 15.5 Å². The van der Waals surface area contributed by atoms with Crippen molar-refractivity contribution < 1.29 is 9.53 Å². The zero-order valence-electron chi connectivity index (χ0n) is 13.1. The van der Waals surface area contributed by atoms with Crippen LogP contribution in [-0.4, -0.2) is 48.7 Å². The number of nitrogens with zero attached hydrogens (tertiary/aromatic N) is 1. The van der Waals surface area contributed by atoms with Gasteiger partial charge in [0.05, 0.1) is 12.7 Å². The van der Waals surface area contributed by atoms with Gasteiger partial charge in [-0.1, -0.05) is 31.0 Å². The van der Waals surface area contributed by atoms with Gasteiger partial charge in [0.25, 0.3) is 0 Å². The van der Waals surface area contributed by atoms with E-state index in [9.17, 15) is 4.79 Å². The molecule has 0 radical (unpaired) electrons. The molecule has 0 aromatic rings. The minimum absolute atomic E-state index is 0.0377. The van der Waals surface area contributed by atoms with E-state index >= 15 is 0 Å². The Labute approximate surface area is 137 Å². The number of carbonyl (C=O) groups excluding carboxylic acids is 1. The molecule has 0 spiro atoms. The number of ether oxygens (including phenoxy) is 1. The number of thioether (sulfide) groups is 1. The SMILES string of the molecule is O=CNC1NC(COC2CCN(C3CCCCC3)CC2)=CS1. The summed E-state index contributed by atoms with van der Waals surface area (Å²) in [6.45, 7) is 3.00. The van der Waals surface area contributed by atoms with Crippen molar-refractivity contribution in [2.24, 2.45) is 0 Å². The van der Waals surface area contributed by atoms with Crippen LogP contribution >= 0.6 is 11.8 Å². The second-order valence-electron chi connectivity index (χ2n) is 6.43. The molecule has 1 atom stereocenters. The van der Waals surface area contributed by atoms with Crippen molar-refractivity contribution in [1.29, 1.82) is 0 Å². The number of likely N-dealkylation sites (tertiary alicyclic amines) is 1. The first kappa shape index (κ1) is 16.1. The van der Waals surface area contributed by atoms with E-state index in [1.807, 2.05) is 5.41 Å². The van der Waals surface area contributed by atoms with E-state index in [4.69, 9.17) is 4.74 Å². The molecule has 0 bridgehead atoms. The molecular weight excluding hydrogens is 298 g/mol. The standard InChI is InChI=1S/C16H27N3O2S/c20-12-17-16-18-13(11-22-16)10-21-15-6-8-19(9-7-15)14-4-2-1-3-5-14/h11-12,14-16,18H,1-10H2,(H,17,20). The van der Waals surface area contributed by atoms with Gasteiger partial charge in [0.1, 0.15) is 0 Å². The topological polar surface area (TPSA) is 53.6 Å². The van der Waals surface area contributed by atoms with E-state index in [1.165, 1.54) is 45.2 Å². The van der Waals surface area contributed by atoms with Crippen LogP contribution in [-0.2, 0) is 9.53 Å². The predicted octanol–water partition coefficient (Wildman–Crippen LogP) is 2.01. The highest BCUT2D eigenvalue weighted by Gasteiger charge is 2.27. The van der Waals surface area contributed by atoms with Crippen LogP contribution < -0.4 is 10.6 Å². The van der Waals surface area contributed by atoms with Crippen LogP contribution in [0.25, 0.3) is 0 Å². The molecule has 1 saturated heterocycles. The molecule has 3 aliphatic rings. The second kappa shape index (κ2) is 8.22. The van der Waals surface area contributed by atoms with Crippen molar-refractivity contribution in [3.05, 3.63) is 11.1 Å². The van der Waals surface area contributed by atoms with E-state index in [-0.39, 0.29) is 5.50 Å². The largest absolute Gasteiger partial charge is 0.372 e. The second-order valence-corrected chi connectivity index (χ2v) is 7.41. The molecule has 2 aliphatic heterocycles. The summed E-state index contributed by atoms with van der Waals surface area (Å²) in [5.74, 6) is 0. The molecule has 5 nitrogen and oxygen atoms in total. The lowest BCUT2D eigenvalue weighted by Gasteiger charge is -2.39. The molecular formula is C16H27N3O2S. The molecule has 1 amide bonds. The van der Waals surface area contributed by atoms with E-state index in [1.54, 1.807) is 11.8 Å². The third kappa shape index (κ3) is 4.40. The summed E-state index contributed by atoms with van der Waals surface area (Å²) in [5.41, 5.74) is 1.03. The molecule has 22 heavy (non-hydrogen) atoms. The quantitative estimate of drug-likeness (QED) is 0.732. The third-order valence-corrected chi connectivity index (χ3v) is 5.87. The first-order chi connectivity index (χ1) is 10.8. The minimum atomic E-state index is -0.0377. The lowest BCUT2D eigenvalue weighted by molar-refractivity contribution is -0.109. The van der Waals surface area contributed by atoms with Crippen molar-refractivity contribution in [3.63, 3.8) is 0 Å². The fourth-order valence-corrected chi connectivity index (χ4v) is 4.46. The average Bonchev–Trinajstić information content (AvgIpc) is 3.02. The maximum absolute atomic E-state index is 10.4. The highest BCUT2D eigenvalue weighted by molar-refractivity contribution is 8.02. The Morgan fingerprint density at radius 1 is 1.27 bits per heavy atom. The summed E-state index contributed by atoms with van der Waals surface area (Å²) in [5, 5.41) is 7.99. The van der Waals surface area contributed by atoms with Gasteiger partial charge < -0.3 is 20.3 Å². The van der Waals surface area contributed by atoms with Crippen LogP contribution in [0.1, 0.15) is 44.9 Å².